The van der Waals surface area contributed by atoms with Crippen molar-refractivity contribution in [1.82, 2.24) is 9.21 Å². The lowest BCUT2D eigenvalue weighted by atomic mass is 9.97. The molecule has 32 heavy (non-hydrogen) atoms. The molecule has 1 heterocycles. The van der Waals surface area contributed by atoms with Gasteiger partial charge in [-0.1, -0.05) is 18.2 Å². The maximum Gasteiger partial charge on any atom is 0.387 e. The fourth-order valence-corrected chi connectivity index (χ4v) is 5.67. The Morgan fingerprint density at radius 2 is 1.75 bits per heavy atom. The Balaban J connectivity index is 1.40. The van der Waals surface area contributed by atoms with Gasteiger partial charge >= 0.3 is 6.61 Å². The van der Waals surface area contributed by atoms with Gasteiger partial charge in [-0.3, -0.25) is 4.90 Å². The van der Waals surface area contributed by atoms with Crippen LogP contribution in [0.1, 0.15) is 28.7 Å². The van der Waals surface area contributed by atoms with E-state index in [4.69, 9.17) is 5.26 Å². The number of benzene rings is 2. The Morgan fingerprint density at radius 1 is 1.03 bits per heavy atom. The molecule has 2 aromatic rings. The molecule has 168 valence electrons. The Hall–Kier alpha value is -2.80. The summed E-state index contributed by atoms with van der Waals surface area (Å²) in [4.78, 5) is 2.55. The fraction of sp³-hybridized carbons (Fsp3) is 0.348. The highest BCUT2D eigenvalue weighted by Crippen LogP contribution is 2.32. The number of allylic oxidation sites excluding steroid dienone is 1. The third kappa shape index (κ3) is 4.99. The van der Waals surface area contributed by atoms with Gasteiger partial charge in [0.05, 0.1) is 16.5 Å². The number of aryl methyl sites for hydroxylation is 1. The molecule has 1 fully saturated rings. The maximum absolute atomic E-state index is 13.2. The number of hydrogen-bond donors (Lipinski definition) is 0. The minimum absolute atomic E-state index is 0.0804. The fourth-order valence-electron chi connectivity index (χ4n) is 4.06. The number of rotatable bonds is 6. The third-order valence-corrected chi connectivity index (χ3v) is 7.82. The molecule has 1 aliphatic heterocycles. The lowest BCUT2D eigenvalue weighted by Gasteiger charge is -2.35. The topological polar surface area (TPSA) is 73.6 Å². The van der Waals surface area contributed by atoms with Gasteiger partial charge in [0, 0.05) is 32.7 Å². The van der Waals surface area contributed by atoms with Crippen molar-refractivity contribution < 1.29 is 21.9 Å². The van der Waals surface area contributed by atoms with E-state index in [1.165, 1.54) is 10.4 Å². The summed E-state index contributed by atoms with van der Waals surface area (Å²) in [6.45, 7) is -0.125. The summed E-state index contributed by atoms with van der Waals surface area (Å²) in [6.07, 6.45) is 2.43. The van der Waals surface area contributed by atoms with Crippen LogP contribution < -0.4 is 4.74 Å². The van der Waals surface area contributed by atoms with Gasteiger partial charge in [0.25, 0.3) is 0 Å². The molecular formula is C23H23F2N3O3S. The van der Waals surface area contributed by atoms with Crippen molar-refractivity contribution in [1.29, 1.82) is 5.26 Å². The molecule has 2 aromatic carbocycles. The number of fused-ring (bicyclic) bond motifs is 1. The van der Waals surface area contributed by atoms with Crippen LogP contribution in [0.2, 0.25) is 0 Å². The zero-order valence-corrected chi connectivity index (χ0v) is 18.2. The zero-order valence-electron chi connectivity index (χ0n) is 17.4. The van der Waals surface area contributed by atoms with E-state index >= 15 is 0 Å². The quantitative estimate of drug-likeness (QED) is 0.660. The predicted molar refractivity (Wildman–Crippen MR) is 116 cm³/mol. The van der Waals surface area contributed by atoms with Gasteiger partial charge in [-0.25, -0.2) is 8.42 Å². The molecule has 0 radical (unpaired) electrons. The summed E-state index contributed by atoms with van der Waals surface area (Å²) in [5.41, 5.74) is 3.22. The highest BCUT2D eigenvalue weighted by molar-refractivity contribution is 7.93. The molecule has 2 aliphatic rings. The van der Waals surface area contributed by atoms with Gasteiger partial charge in [0.15, 0.2) is 0 Å². The number of nitriles is 1. The standard InChI is InChI=1S/C23H23F2N3O3S/c24-23(25)31-21-7-5-20-14-22(8-6-19(20)13-21)32(29,30)28-11-9-27(10-12-28)16-18-3-1-17(15-26)2-4-18/h1-5,7,13-14,23H,6,8-12,16H2. The van der Waals surface area contributed by atoms with Crippen LogP contribution in [0.4, 0.5) is 8.78 Å². The summed E-state index contributed by atoms with van der Waals surface area (Å²) >= 11 is 0. The van der Waals surface area contributed by atoms with Crippen LogP contribution in [0.15, 0.2) is 47.4 Å². The smallest absolute Gasteiger partial charge is 0.387 e. The van der Waals surface area contributed by atoms with Crippen molar-refractivity contribution in [3.8, 4) is 11.8 Å². The van der Waals surface area contributed by atoms with Crippen LogP contribution in [0.3, 0.4) is 0 Å². The SMILES string of the molecule is N#Cc1ccc(CN2CCN(S(=O)(=O)C3=Cc4ccc(OC(F)F)cc4CC3)CC2)cc1. The van der Waals surface area contributed by atoms with Crippen LogP contribution in [0.5, 0.6) is 5.75 Å². The zero-order chi connectivity index (χ0) is 22.7. The van der Waals surface area contributed by atoms with E-state index in [0.717, 1.165) is 16.7 Å². The molecule has 0 amide bonds. The van der Waals surface area contributed by atoms with E-state index in [0.29, 0.717) is 56.0 Å². The van der Waals surface area contributed by atoms with Gasteiger partial charge < -0.3 is 4.74 Å². The summed E-state index contributed by atoms with van der Waals surface area (Å²) in [5.74, 6) is 0.0804. The Morgan fingerprint density at radius 3 is 2.41 bits per heavy atom. The monoisotopic (exact) mass is 459 g/mol. The molecule has 1 aliphatic carbocycles. The van der Waals surface area contributed by atoms with Crippen molar-refractivity contribution in [3.05, 3.63) is 69.6 Å². The summed E-state index contributed by atoms with van der Waals surface area (Å²) < 4.78 is 57.2. The molecule has 0 aromatic heterocycles. The van der Waals surface area contributed by atoms with Crippen LogP contribution in [-0.4, -0.2) is 50.4 Å². The van der Waals surface area contributed by atoms with Crippen molar-refractivity contribution in [2.24, 2.45) is 0 Å². The molecule has 1 saturated heterocycles. The van der Waals surface area contributed by atoms with E-state index in [1.54, 1.807) is 30.3 Å². The lowest BCUT2D eigenvalue weighted by Crippen LogP contribution is -2.48. The molecule has 0 atom stereocenters. The van der Waals surface area contributed by atoms with Crippen LogP contribution >= 0.6 is 0 Å². The van der Waals surface area contributed by atoms with E-state index in [2.05, 4.69) is 15.7 Å². The molecule has 0 N–H and O–H groups in total. The van der Waals surface area contributed by atoms with Crippen LogP contribution in [-0.2, 0) is 23.0 Å². The summed E-state index contributed by atoms with van der Waals surface area (Å²) in [6, 6.07) is 14.1. The summed E-state index contributed by atoms with van der Waals surface area (Å²) in [5, 5.41) is 8.90. The lowest BCUT2D eigenvalue weighted by molar-refractivity contribution is -0.0498. The average molecular weight is 460 g/mol. The number of nitrogens with zero attached hydrogens (tertiary/aromatic N) is 3. The number of alkyl halides is 2. The molecule has 0 unspecified atom stereocenters. The van der Waals surface area contributed by atoms with Crippen molar-refractivity contribution >= 4 is 16.1 Å². The third-order valence-electron chi connectivity index (χ3n) is 5.79. The molecule has 9 heteroatoms. The molecule has 0 spiro atoms. The first-order valence-corrected chi connectivity index (χ1v) is 11.8. The van der Waals surface area contributed by atoms with Gasteiger partial charge in [-0.15, -0.1) is 0 Å². The highest BCUT2D eigenvalue weighted by atomic mass is 32.2. The second-order valence-electron chi connectivity index (χ2n) is 7.84. The van der Waals surface area contributed by atoms with E-state index < -0.39 is 16.6 Å². The Labute approximate surface area is 186 Å². The van der Waals surface area contributed by atoms with E-state index in [-0.39, 0.29) is 5.75 Å². The number of halogens is 2. The van der Waals surface area contributed by atoms with Crippen LogP contribution in [0, 0.1) is 11.3 Å². The van der Waals surface area contributed by atoms with Crippen LogP contribution in [0.25, 0.3) is 6.08 Å². The Kier molecular flexibility index (Phi) is 6.55. The van der Waals surface area contributed by atoms with Gasteiger partial charge in [-0.2, -0.15) is 18.3 Å². The molecule has 6 nitrogen and oxygen atoms in total. The Bertz CT molecular complexity index is 1150. The second kappa shape index (κ2) is 9.36. The maximum atomic E-state index is 13.2. The second-order valence-corrected chi connectivity index (χ2v) is 9.83. The molecule has 0 saturated carbocycles. The number of hydrogen-bond acceptors (Lipinski definition) is 5. The first-order valence-electron chi connectivity index (χ1n) is 10.3. The summed E-state index contributed by atoms with van der Waals surface area (Å²) in [7, 11) is -3.58. The van der Waals surface area contributed by atoms with Gasteiger partial charge in [0.1, 0.15) is 5.75 Å². The number of piperazine rings is 1. The van der Waals surface area contributed by atoms with Crippen molar-refractivity contribution in [2.45, 2.75) is 26.0 Å². The predicted octanol–water partition coefficient (Wildman–Crippen LogP) is 3.59. The minimum Gasteiger partial charge on any atom is -0.435 e. The van der Waals surface area contributed by atoms with Crippen molar-refractivity contribution in [2.75, 3.05) is 26.2 Å². The molecule has 0 bridgehead atoms. The normalized spacial score (nSPS) is 17.5. The highest BCUT2D eigenvalue weighted by Gasteiger charge is 2.31. The first kappa shape index (κ1) is 22.4. The molecular weight excluding hydrogens is 436 g/mol. The van der Waals surface area contributed by atoms with E-state index in [1.807, 2.05) is 12.1 Å². The average Bonchev–Trinajstić information content (AvgIpc) is 2.79. The largest absolute Gasteiger partial charge is 0.435 e. The van der Waals surface area contributed by atoms with E-state index in [9.17, 15) is 17.2 Å². The number of sulfonamides is 1. The minimum atomic E-state index is -3.58. The molecule has 4 rings (SSSR count). The van der Waals surface area contributed by atoms with Gasteiger partial charge in [-0.05, 0) is 59.9 Å². The number of ether oxygens (including phenoxy) is 1. The van der Waals surface area contributed by atoms with Gasteiger partial charge in [0.2, 0.25) is 10.0 Å². The first-order chi connectivity index (χ1) is 15.3. The van der Waals surface area contributed by atoms with Crippen molar-refractivity contribution in [3.63, 3.8) is 0 Å².